The number of sulfonamides is 1. The molecule has 3 rings (SSSR count). The Bertz CT molecular complexity index is 1410. The van der Waals surface area contributed by atoms with Gasteiger partial charge in [-0.15, -0.1) is 0 Å². The molecular weight excluding hydrogens is 502 g/mol. The van der Waals surface area contributed by atoms with Gasteiger partial charge in [-0.3, -0.25) is 9.10 Å². The Morgan fingerprint density at radius 3 is 2.08 bits per heavy atom. The molecule has 1 amide bonds. The van der Waals surface area contributed by atoms with Crippen LogP contribution in [0.5, 0.6) is 11.5 Å². The fraction of sp³-hybridized carbons (Fsp3) is 0.310. The summed E-state index contributed by atoms with van der Waals surface area (Å²) >= 11 is 0. The number of hydrazone groups is 1. The average Bonchev–Trinajstić information content (AvgIpc) is 2.89. The number of ether oxygens (including phenoxy) is 2. The summed E-state index contributed by atoms with van der Waals surface area (Å²) in [5, 5.41) is 4.21. The first-order valence-corrected chi connectivity index (χ1v) is 13.6. The predicted molar refractivity (Wildman–Crippen MR) is 151 cm³/mol. The lowest BCUT2D eigenvalue weighted by Gasteiger charge is -2.24. The van der Waals surface area contributed by atoms with Crippen LogP contribution in [0.3, 0.4) is 0 Å². The summed E-state index contributed by atoms with van der Waals surface area (Å²) in [6, 6.07) is 19.1. The lowest BCUT2D eigenvalue weighted by atomic mass is 9.86. The third-order valence-corrected chi connectivity index (χ3v) is 7.86. The Balaban J connectivity index is 1.90. The molecule has 0 aromatic heterocycles. The summed E-state index contributed by atoms with van der Waals surface area (Å²) in [5.41, 5.74) is 6.31. The third kappa shape index (κ3) is 6.72. The quantitative estimate of drug-likeness (QED) is 0.305. The predicted octanol–water partition coefficient (Wildman–Crippen LogP) is 5.05. The van der Waals surface area contributed by atoms with Crippen LogP contribution >= 0.6 is 0 Å². The van der Waals surface area contributed by atoms with E-state index in [-0.39, 0.29) is 16.0 Å². The lowest BCUT2D eigenvalue weighted by molar-refractivity contribution is -0.119. The maximum atomic E-state index is 13.6. The van der Waals surface area contributed by atoms with Crippen molar-refractivity contribution in [3.8, 4) is 11.5 Å². The molecule has 0 unspecified atom stereocenters. The van der Waals surface area contributed by atoms with E-state index in [1.807, 2.05) is 31.2 Å². The van der Waals surface area contributed by atoms with Crippen molar-refractivity contribution in [2.24, 2.45) is 5.10 Å². The second kappa shape index (κ2) is 11.7. The molecule has 0 heterocycles. The molecule has 0 aliphatic heterocycles. The molecule has 8 nitrogen and oxygen atoms in total. The van der Waals surface area contributed by atoms with E-state index >= 15 is 0 Å². The number of amides is 1. The highest BCUT2D eigenvalue weighted by Crippen LogP contribution is 2.33. The van der Waals surface area contributed by atoms with E-state index in [9.17, 15) is 13.2 Å². The fourth-order valence-electron chi connectivity index (χ4n) is 3.72. The lowest BCUT2D eigenvalue weighted by Crippen LogP contribution is -2.39. The van der Waals surface area contributed by atoms with Crippen molar-refractivity contribution in [2.45, 2.75) is 44.9 Å². The molecule has 0 spiro atoms. The van der Waals surface area contributed by atoms with Crippen LogP contribution in [0.2, 0.25) is 0 Å². The summed E-state index contributed by atoms with van der Waals surface area (Å²) in [6.07, 6.45) is 0. The highest BCUT2D eigenvalue weighted by molar-refractivity contribution is 7.92. The molecular formula is C29H35N3O5S. The van der Waals surface area contributed by atoms with Crippen LogP contribution in [0.4, 0.5) is 5.69 Å². The number of aryl methyl sites for hydroxylation is 1. The molecule has 0 saturated heterocycles. The molecule has 0 bridgehead atoms. The minimum atomic E-state index is -4.09. The Labute approximate surface area is 225 Å². The van der Waals surface area contributed by atoms with Crippen LogP contribution in [0, 0.1) is 6.92 Å². The molecule has 0 aliphatic rings. The fourth-order valence-corrected chi connectivity index (χ4v) is 5.13. The number of hydrogen-bond acceptors (Lipinski definition) is 6. The van der Waals surface area contributed by atoms with Crippen LogP contribution < -0.4 is 19.2 Å². The number of nitrogens with one attached hydrogen (secondary N) is 1. The highest BCUT2D eigenvalue weighted by Gasteiger charge is 2.28. The van der Waals surface area contributed by atoms with E-state index < -0.39 is 22.5 Å². The Kier molecular flexibility index (Phi) is 8.83. The molecule has 3 aromatic carbocycles. The minimum absolute atomic E-state index is 0.0222. The van der Waals surface area contributed by atoms with Crippen LogP contribution in [0.1, 0.15) is 44.4 Å². The number of rotatable bonds is 9. The van der Waals surface area contributed by atoms with Crippen molar-refractivity contribution >= 4 is 27.3 Å². The summed E-state index contributed by atoms with van der Waals surface area (Å²) in [7, 11) is -1.15. The smallest absolute Gasteiger partial charge is 0.264 e. The van der Waals surface area contributed by atoms with Gasteiger partial charge in [-0.1, -0.05) is 62.7 Å². The second-order valence-corrected chi connectivity index (χ2v) is 11.8. The topological polar surface area (TPSA) is 97.3 Å². The standard InChI is InChI=1S/C29H35N3O5S/c1-20-8-15-25(16-9-20)38(34,35)32(24-14-17-26(36-6)27(18-24)37-7)19-28(33)31-30-21(2)22-10-12-23(13-11-22)29(3,4)5/h8-18H,19H2,1-7H3,(H,31,33)/b30-21-. The van der Waals surface area contributed by atoms with Crippen molar-refractivity contribution in [3.05, 3.63) is 83.4 Å². The number of carbonyl (C=O) groups is 1. The SMILES string of the molecule is COc1ccc(N(CC(=O)N/N=C(/C)c2ccc(C(C)(C)C)cc2)S(=O)(=O)c2ccc(C)cc2)cc1OC. The van der Waals surface area contributed by atoms with E-state index in [4.69, 9.17) is 9.47 Å². The summed E-state index contributed by atoms with van der Waals surface area (Å²) in [6.45, 7) is 9.56. The van der Waals surface area contributed by atoms with Crippen molar-refractivity contribution in [3.63, 3.8) is 0 Å². The zero-order chi connectivity index (χ0) is 28.1. The number of benzene rings is 3. The van der Waals surface area contributed by atoms with Gasteiger partial charge in [-0.05, 0) is 54.7 Å². The Morgan fingerprint density at radius 2 is 1.53 bits per heavy atom. The van der Waals surface area contributed by atoms with E-state index in [0.717, 1.165) is 15.4 Å². The number of hydrogen-bond donors (Lipinski definition) is 1. The van der Waals surface area contributed by atoms with Crippen LogP contribution in [0.25, 0.3) is 0 Å². The average molecular weight is 538 g/mol. The first-order valence-electron chi connectivity index (χ1n) is 12.1. The molecule has 0 aliphatic carbocycles. The van der Waals surface area contributed by atoms with Crippen molar-refractivity contribution in [1.82, 2.24) is 5.43 Å². The van der Waals surface area contributed by atoms with Gasteiger partial charge >= 0.3 is 0 Å². The third-order valence-electron chi connectivity index (χ3n) is 6.07. The highest BCUT2D eigenvalue weighted by atomic mass is 32.2. The number of anilines is 1. The Hall–Kier alpha value is -3.85. The molecule has 3 aromatic rings. The largest absolute Gasteiger partial charge is 0.493 e. The van der Waals surface area contributed by atoms with Crippen LogP contribution in [0.15, 0.2) is 76.7 Å². The number of carbonyl (C=O) groups excluding carboxylic acids is 1. The summed E-state index contributed by atoms with van der Waals surface area (Å²) in [5.74, 6) is 0.175. The zero-order valence-electron chi connectivity index (χ0n) is 22.9. The maximum Gasteiger partial charge on any atom is 0.264 e. The van der Waals surface area contributed by atoms with Crippen LogP contribution in [-0.2, 0) is 20.2 Å². The monoisotopic (exact) mass is 537 g/mol. The molecule has 0 radical (unpaired) electrons. The summed E-state index contributed by atoms with van der Waals surface area (Å²) < 4.78 is 38.9. The van der Waals surface area contributed by atoms with Gasteiger partial charge in [0.05, 0.1) is 30.5 Å². The van der Waals surface area contributed by atoms with E-state index in [0.29, 0.717) is 17.2 Å². The van der Waals surface area contributed by atoms with E-state index in [1.54, 1.807) is 31.2 Å². The summed E-state index contributed by atoms with van der Waals surface area (Å²) in [4.78, 5) is 13.0. The van der Waals surface area contributed by atoms with Crippen molar-refractivity contribution < 1.29 is 22.7 Å². The van der Waals surface area contributed by atoms with Gasteiger partial charge < -0.3 is 9.47 Å². The second-order valence-electron chi connectivity index (χ2n) is 9.92. The van der Waals surface area contributed by atoms with Gasteiger partial charge in [0.2, 0.25) is 0 Å². The maximum absolute atomic E-state index is 13.6. The van der Waals surface area contributed by atoms with Gasteiger partial charge in [0.25, 0.3) is 15.9 Å². The van der Waals surface area contributed by atoms with Gasteiger partial charge in [0.15, 0.2) is 11.5 Å². The van der Waals surface area contributed by atoms with E-state index in [2.05, 4.69) is 31.3 Å². The first-order chi connectivity index (χ1) is 17.9. The number of nitrogens with zero attached hydrogens (tertiary/aromatic N) is 2. The Morgan fingerprint density at radius 1 is 0.921 bits per heavy atom. The van der Waals surface area contributed by atoms with Crippen molar-refractivity contribution in [1.29, 1.82) is 0 Å². The van der Waals surface area contributed by atoms with Gasteiger partial charge in [-0.25, -0.2) is 13.8 Å². The molecule has 1 N–H and O–H groups in total. The molecule has 0 saturated carbocycles. The van der Waals surface area contributed by atoms with Crippen molar-refractivity contribution in [2.75, 3.05) is 25.1 Å². The molecule has 9 heteroatoms. The number of methoxy groups -OCH3 is 2. The van der Waals surface area contributed by atoms with Gasteiger partial charge in [0.1, 0.15) is 6.54 Å². The molecule has 0 atom stereocenters. The van der Waals surface area contributed by atoms with Gasteiger partial charge in [-0.2, -0.15) is 5.10 Å². The minimum Gasteiger partial charge on any atom is -0.493 e. The van der Waals surface area contributed by atoms with Crippen LogP contribution in [-0.4, -0.2) is 40.8 Å². The molecule has 38 heavy (non-hydrogen) atoms. The van der Waals surface area contributed by atoms with Gasteiger partial charge in [0, 0.05) is 6.07 Å². The molecule has 0 fully saturated rings. The zero-order valence-corrected chi connectivity index (χ0v) is 23.7. The molecule has 202 valence electrons. The van der Waals surface area contributed by atoms with E-state index in [1.165, 1.54) is 38.0 Å². The first kappa shape index (κ1) is 28.7. The normalized spacial score (nSPS) is 12.1.